The van der Waals surface area contributed by atoms with Gasteiger partial charge in [-0.05, 0) is 99.8 Å². The van der Waals surface area contributed by atoms with Gasteiger partial charge in [0.15, 0.2) is 5.71 Å². The van der Waals surface area contributed by atoms with Crippen molar-refractivity contribution >= 4 is 76.9 Å². The number of fused-ring (bicyclic) bond motifs is 2. The minimum Gasteiger partial charge on any atom is -0.748 e. The van der Waals surface area contributed by atoms with E-state index in [2.05, 4.69) is 5.32 Å². The highest BCUT2D eigenvalue weighted by Gasteiger charge is 2.44. The molecule has 3 N–H and O–H groups in total. The van der Waals surface area contributed by atoms with Crippen molar-refractivity contribution in [3.05, 3.63) is 94.8 Å². The van der Waals surface area contributed by atoms with Crippen LogP contribution in [0.1, 0.15) is 83.3 Å². The second-order valence-corrected chi connectivity index (χ2v) is 21.3. The van der Waals surface area contributed by atoms with E-state index in [9.17, 15) is 53.3 Å². The second-order valence-electron chi connectivity index (χ2n) is 16.3. The first kappa shape index (κ1) is 49.4. The van der Waals surface area contributed by atoms with Gasteiger partial charge in [0, 0.05) is 60.8 Å². The number of aryl methyl sites for hydroxylation is 1. The number of nitrogens with zero attached hydrogens (tertiary/aromatic N) is 4. The van der Waals surface area contributed by atoms with E-state index in [1.165, 1.54) is 24.3 Å². The molecular formula is C42H52ClN5O12S3. The molecule has 21 heteroatoms. The molecule has 0 radical (unpaired) electrons. The topological polar surface area (TPSA) is 252 Å². The molecule has 1 atom stereocenters. The number of carbonyl (C=O) groups excluding carboxylic acids is 3. The molecule has 0 saturated carbocycles. The Bertz CT molecular complexity index is 2610. The molecule has 3 amide bonds. The van der Waals surface area contributed by atoms with Crippen LogP contribution in [-0.4, -0.2) is 98.4 Å². The number of aliphatic imine (C=N–C) groups is 1. The Morgan fingerprint density at radius 1 is 0.873 bits per heavy atom. The first-order valence-electron chi connectivity index (χ1n) is 20.4. The Morgan fingerprint density at radius 2 is 1.59 bits per heavy atom. The molecule has 0 saturated heterocycles. The molecule has 1 aromatic heterocycles. The van der Waals surface area contributed by atoms with E-state index in [4.69, 9.17) is 16.6 Å². The summed E-state index contributed by atoms with van der Waals surface area (Å²) in [6, 6.07) is 6.16. The largest absolute Gasteiger partial charge is 0.748 e. The summed E-state index contributed by atoms with van der Waals surface area (Å²) in [5.74, 6) is -1.46. The SMILES string of the molecule is CC1(C)C(/C=C/C=C/C=C2/N(CCCCCC(=O)NCCN3C(=O)C=CC3=O)c3ccc(S(=O)(=O)O)cc3C2(C)CCCCS(=O)(=O)O)=Nc2c1cc(Cl)c[n+]2CCCS(=O)(=O)[O-]. The number of allylic oxidation sites excluding steroid dienone is 6. The van der Waals surface area contributed by atoms with Crippen molar-refractivity contribution in [3.63, 3.8) is 0 Å². The number of imide groups is 1. The maximum Gasteiger partial charge on any atom is 0.327 e. The summed E-state index contributed by atoms with van der Waals surface area (Å²) in [6.45, 7) is 6.73. The average molecular weight is 951 g/mol. The number of hydrogen-bond acceptors (Lipinski definition) is 12. The third kappa shape index (κ3) is 12.8. The Hall–Kier alpha value is -4.57. The number of anilines is 1. The minimum absolute atomic E-state index is 0.0662. The predicted molar refractivity (Wildman–Crippen MR) is 236 cm³/mol. The van der Waals surface area contributed by atoms with Crippen LogP contribution >= 0.6 is 11.6 Å². The van der Waals surface area contributed by atoms with E-state index in [-0.39, 0.29) is 49.7 Å². The third-order valence-corrected chi connectivity index (χ3v) is 14.0. The lowest BCUT2D eigenvalue weighted by Gasteiger charge is -2.30. The highest BCUT2D eigenvalue weighted by molar-refractivity contribution is 7.86. The fourth-order valence-corrected chi connectivity index (χ4v) is 9.79. The summed E-state index contributed by atoms with van der Waals surface area (Å²) >= 11 is 6.43. The first-order valence-corrected chi connectivity index (χ1v) is 25.4. The summed E-state index contributed by atoms with van der Waals surface area (Å²) in [5, 5.41) is 3.16. The monoisotopic (exact) mass is 949 g/mol. The van der Waals surface area contributed by atoms with Crippen LogP contribution in [0.4, 0.5) is 11.5 Å². The fraction of sp³-hybridized carbons (Fsp3) is 0.452. The molecule has 4 heterocycles. The maximum absolute atomic E-state index is 12.5. The van der Waals surface area contributed by atoms with Crippen LogP contribution in [0.2, 0.25) is 5.02 Å². The lowest BCUT2D eigenvalue weighted by atomic mass is 9.77. The van der Waals surface area contributed by atoms with Crippen molar-refractivity contribution in [2.45, 2.75) is 94.4 Å². The Labute approximate surface area is 373 Å². The van der Waals surface area contributed by atoms with Gasteiger partial charge in [-0.1, -0.05) is 42.7 Å². The van der Waals surface area contributed by atoms with Crippen LogP contribution in [0.15, 0.2) is 88.6 Å². The van der Waals surface area contributed by atoms with Gasteiger partial charge in [-0.25, -0.2) is 13.0 Å². The molecule has 63 heavy (non-hydrogen) atoms. The molecule has 0 bridgehead atoms. The quantitative estimate of drug-likeness (QED) is 0.0480. The molecule has 3 aliphatic heterocycles. The number of nitrogens with one attached hydrogen (secondary N) is 1. The van der Waals surface area contributed by atoms with Gasteiger partial charge in [0.25, 0.3) is 32.1 Å². The van der Waals surface area contributed by atoms with E-state index in [0.29, 0.717) is 66.5 Å². The first-order chi connectivity index (χ1) is 29.4. The van der Waals surface area contributed by atoms with Crippen LogP contribution in [0.5, 0.6) is 0 Å². The average Bonchev–Trinajstić information content (AvgIpc) is 3.72. The molecule has 3 aliphatic rings. The minimum atomic E-state index is -4.59. The van der Waals surface area contributed by atoms with E-state index in [1.807, 2.05) is 43.9 Å². The number of pyridine rings is 1. The molecule has 0 aliphatic carbocycles. The van der Waals surface area contributed by atoms with Crippen LogP contribution < -0.4 is 14.8 Å². The molecule has 2 aromatic rings. The number of carbonyl (C=O) groups is 3. The van der Waals surface area contributed by atoms with Crippen molar-refractivity contribution in [2.75, 3.05) is 36.0 Å². The second kappa shape index (κ2) is 20.1. The fourth-order valence-electron chi connectivity index (χ4n) is 8.00. The van der Waals surface area contributed by atoms with E-state index in [1.54, 1.807) is 35.0 Å². The van der Waals surface area contributed by atoms with Gasteiger partial charge in [0.1, 0.15) is 6.20 Å². The molecule has 0 fully saturated rings. The zero-order valence-corrected chi connectivity index (χ0v) is 38.4. The lowest BCUT2D eigenvalue weighted by Crippen LogP contribution is -2.38. The molecule has 1 unspecified atom stereocenters. The standard InChI is InChI=1S/C42H52ClN5O12S3/c1-41(2)33-27-30(43)29-46(22-12-26-62(55,56)57)40(33)45-35(41)13-6-4-7-14-36-42(3,20-9-11-25-61(52,53)54)32-28-31(63(58,59)60)16-17-34(32)47(36)23-10-5-8-15-37(49)44-21-24-48-38(50)18-19-39(48)51/h4,6-7,13-14,16-19,27-29H,5,8-12,15,20-26H2,1-3H3,(H3-,44,49,52,53,54,55,56,57,58,59,60). The number of halogens is 1. The van der Waals surface area contributed by atoms with Gasteiger partial charge in [0.05, 0.1) is 43.3 Å². The number of amides is 3. The number of aromatic nitrogens is 1. The highest BCUT2D eigenvalue weighted by atomic mass is 35.5. The maximum atomic E-state index is 12.5. The summed E-state index contributed by atoms with van der Waals surface area (Å²) in [5.41, 5.74) is 2.11. The van der Waals surface area contributed by atoms with E-state index in [0.717, 1.165) is 16.2 Å². The van der Waals surface area contributed by atoms with Gasteiger partial charge in [-0.15, -0.1) is 0 Å². The van der Waals surface area contributed by atoms with Crippen molar-refractivity contribution in [1.82, 2.24) is 10.2 Å². The summed E-state index contributed by atoms with van der Waals surface area (Å²) in [7, 11) is -13.2. The van der Waals surface area contributed by atoms with Crippen molar-refractivity contribution in [2.24, 2.45) is 4.99 Å². The predicted octanol–water partition coefficient (Wildman–Crippen LogP) is 4.61. The van der Waals surface area contributed by atoms with Crippen LogP contribution in [0.25, 0.3) is 0 Å². The van der Waals surface area contributed by atoms with Crippen molar-refractivity contribution < 1.29 is 57.9 Å². The summed E-state index contributed by atoms with van der Waals surface area (Å²) in [4.78, 5) is 43.7. The highest BCUT2D eigenvalue weighted by Crippen LogP contribution is 2.51. The van der Waals surface area contributed by atoms with Gasteiger partial charge in [-0.2, -0.15) is 16.8 Å². The molecule has 0 spiro atoms. The number of benzene rings is 1. The molecule has 1 aromatic carbocycles. The lowest BCUT2D eigenvalue weighted by molar-refractivity contribution is -0.684. The molecule has 17 nitrogen and oxygen atoms in total. The van der Waals surface area contributed by atoms with Crippen LogP contribution in [0.3, 0.4) is 0 Å². The Balaban J connectivity index is 1.36. The number of rotatable bonds is 22. The van der Waals surface area contributed by atoms with Crippen LogP contribution in [0, 0.1) is 0 Å². The number of hydrogen-bond donors (Lipinski definition) is 3. The number of unbranched alkanes of at least 4 members (excludes halogenated alkanes) is 3. The van der Waals surface area contributed by atoms with Crippen molar-refractivity contribution in [1.29, 1.82) is 0 Å². The Morgan fingerprint density at radius 3 is 2.25 bits per heavy atom. The van der Waals surface area contributed by atoms with Crippen molar-refractivity contribution in [3.8, 4) is 0 Å². The van der Waals surface area contributed by atoms with Gasteiger partial charge < -0.3 is 14.8 Å². The van der Waals surface area contributed by atoms with Gasteiger partial charge in [0.2, 0.25) is 5.91 Å². The zero-order chi connectivity index (χ0) is 46.4. The summed E-state index contributed by atoms with van der Waals surface area (Å²) in [6.07, 6.45) is 16.0. The molecule has 342 valence electrons. The van der Waals surface area contributed by atoms with Gasteiger partial charge >= 0.3 is 5.82 Å². The van der Waals surface area contributed by atoms with E-state index < -0.39 is 64.5 Å². The smallest absolute Gasteiger partial charge is 0.327 e. The normalized spacial score (nSPS) is 19.2. The molecular weight excluding hydrogens is 898 g/mol. The third-order valence-electron chi connectivity index (χ3n) is 11.3. The van der Waals surface area contributed by atoms with E-state index >= 15 is 0 Å². The summed E-state index contributed by atoms with van der Waals surface area (Å²) < 4.78 is 103. The Kier molecular flexibility index (Phi) is 15.8. The molecule has 5 rings (SSSR count). The zero-order valence-electron chi connectivity index (χ0n) is 35.2. The van der Waals surface area contributed by atoms with Gasteiger partial charge in [-0.3, -0.25) is 28.4 Å². The van der Waals surface area contributed by atoms with Crippen LogP contribution in [-0.2, 0) is 62.1 Å².